The van der Waals surface area contributed by atoms with Gasteiger partial charge in [0.25, 0.3) is 5.91 Å². The van der Waals surface area contributed by atoms with E-state index in [1.165, 1.54) is 12.8 Å². The maximum absolute atomic E-state index is 11.4. The summed E-state index contributed by atoms with van der Waals surface area (Å²) in [5.74, 6) is 1.02. The minimum absolute atomic E-state index is 0.396. The van der Waals surface area contributed by atoms with Gasteiger partial charge in [0.15, 0.2) is 5.69 Å². The molecule has 4 heteroatoms. The molecular weight excluding hydrogens is 214 g/mol. The lowest BCUT2D eigenvalue weighted by Crippen LogP contribution is -2.12. The van der Waals surface area contributed by atoms with E-state index >= 15 is 0 Å². The third-order valence-corrected chi connectivity index (χ3v) is 3.53. The van der Waals surface area contributed by atoms with E-state index in [9.17, 15) is 4.79 Å². The molecule has 0 aliphatic heterocycles. The molecule has 17 heavy (non-hydrogen) atoms. The molecule has 2 aromatic rings. The molecule has 0 radical (unpaired) electrons. The highest BCUT2D eigenvalue weighted by molar-refractivity contribution is 5.97. The number of hydrogen-bond acceptors (Lipinski definition) is 2. The van der Waals surface area contributed by atoms with E-state index in [0.717, 1.165) is 24.2 Å². The van der Waals surface area contributed by atoms with Crippen molar-refractivity contribution >= 4 is 11.4 Å². The maximum atomic E-state index is 11.4. The fraction of sp³-hybridized carbons (Fsp3) is 0.385. The first-order chi connectivity index (χ1) is 8.27. The summed E-state index contributed by atoms with van der Waals surface area (Å²) in [7, 11) is 0. The number of pyridine rings is 1. The monoisotopic (exact) mass is 229 g/mol. The lowest BCUT2D eigenvalue weighted by Gasteiger charge is -2.06. The Balaban J connectivity index is 2.20. The number of rotatable bonds is 2. The van der Waals surface area contributed by atoms with Crippen molar-refractivity contribution in [3.63, 3.8) is 0 Å². The Kier molecular flexibility index (Phi) is 2.35. The van der Waals surface area contributed by atoms with E-state index in [4.69, 9.17) is 5.73 Å². The molecule has 2 heterocycles. The Morgan fingerprint density at radius 1 is 1.35 bits per heavy atom. The van der Waals surface area contributed by atoms with Crippen LogP contribution in [0.4, 0.5) is 0 Å². The van der Waals surface area contributed by atoms with Gasteiger partial charge in [-0.3, -0.25) is 4.79 Å². The van der Waals surface area contributed by atoms with Gasteiger partial charge < -0.3 is 10.1 Å². The number of carbonyl (C=O) groups is 1. The lowest BCUT2D eigenvalue weighted by atomic mass is 10.1. The molecule has 1 aliphatic rings. The van der Waals surface area contributed by atoms with E-state index in [1.54, 1.807) is 0 Å². The molecule has 1 saturated carbocycles. The molecule has 0 unspecified atom stereocenters. The van der Waals surface area contributed by atoms with Crippen LogP contribution in [0.15, 0.2) is 24.4 Å². The first-order valence-electron chi connectivity index (χ1n) is 6.04. The van der Waals surface area contributed by atoms with Crippen LogP contribution in [0.2, 0.25) is 0 Å². The largest absolute Gasteiger partial charge is 0.364 e. The summed E-state index contributed by atoms with van der Waals surface area (Å²) in [6.07, 6.45) is 6.78. The molecule has 2 aromatic heterocycles. The van der Waals surface area contributed by atoms with E-state index < -0.39 is 5.91 Å². The molecular formula is C13H15N3O. The standard InChI is InChI=1S/C13H15N3O/c14-12(17)11-10-7-3-4-8-16(10)13(15-11)9-5-1-2-6-9/h3-4,7-9H,1-2,5-6H2,(H2,14,17). The van der Waals surface area contributed by atoms with E-state index in [1.807, 2.05) is 28.8 Å². The zero-order chi connectivity index (χ0) is 11.8. The molecule has 88 valence electrons. The van der Waals surface area contributed by atoms with Crippen LogP contribution in [0.3, 0.4) is 0 Å². The summed E-state index contributed by atoms with van der Waals surface area (Å²) in [6, 6.07) is 5.76. The quantitative estimate of drug-likeness (QED) is 0.857. The van der Waals surface area contributed by atoms with Crippen molar-refractivity contribution < 1.29 is 4.79 Å². The van der Waals surface area contributed by atoms with E-state index in [-0.39, 0.29) is 0 Å². The highest BCUT2D eigenvalue weighted by Crippen LogP contribution is 2.34. The number of amides is 1. The number of carbonyl (C=O) groups excluding carboxylic acids is 1. The van der Waals surface area contributed by atoms with Gasteiger partial charge in [0, 0.05) is 12.1 Å². The van der Waals surface area contributed by atoms with Crippen LogP contribution in [0.25, 0.3) is 5.52 Å². The van der Waals surface area contributed by atoms with Crippen molar-refractivity contribution in [2.24, 2.45) is 5.73 Å². The Morgan fingerprint density at radius 2 is 2.12 bits per heavy atom. The summed E-state index contributed by atoms with van der Waals surface area (Å²) in [5.41, 5.74) is 6.59. The van der Waals surface area contributed by atoms with Gasteiger partial charge in [-0.2, -0.15) is 0 Å². The number of nitrogens with zero attached hydrogens (tertiary/aromatic N) is 2. The first-order valence-corrected chi connectivity index (χ1v) is 6.04. The molecule has 3 rings (SSSR count). The van der Waals surface area contributed by atoms with Gasteiger partial charge in [-0.15, -0.1) is 0 Å². The Labute approximate surface area is 99.5 Å². The Morgan fingerprint density at radius 3 is 2.82 bits per heavy atom. The Hall–Kier alpha value is -1.84. The second kappa shape index (κ2) is 3.87. The summed E-state index contributed by atoms with van der Waals surface area (Å²) in [6.45, 7) is 0. The van der Waals surface area contributed by atoms with Gasteiger partial charge in [-0.25, -0.2) is 4.98 Å². The molecule has 4 nitrogen and oxygen atoms in total. The van der Waals surface area contributed by atoms with Crippen molar-refractivity contribution in [1.29, 1.82) is 0 Å². The molecule has 0 aromatic carbocycles. The average molecular weight is 229 g/mol. The number of aromatic nitrogens is 2. The van der Waals surface area contributed by atoms with Crippen molar-refractivity contribution in [1.82, 2.24) is 9.38 Å². The predicted molar refractivity (Wildman–Crippen MR) is 64.9 cm³/mol. The molecule has 0 atom stereocenters. The molecule has 2 N–H and O–H groups in total. The number of primary amides is 1. The third-order valence-electron chi connectivity index (χ3n) is 3.53. The van der Waals surface area contributed by atoms with Crippen LogP contribution in [-0.4, -0.2) is 15.3 Å². The molecule has 0 bridgehead atoms. The van der Waals surface area contributed by atoms with Gasteiger partial charge in [-0.1, -0.05) is 18.9 Å². The number of fused-ring (bicyclic) bond motifs is 1. The van der Waals surface area contributed by atoms with Crippen LogP contribution in [0.1, 0.15) is 47.9 Å². The molecule has 0 saturated heterocycles. The van der Waals surface area contributed by atoms with Crippen molar-refractivity contribution in [2.75, 3.05) is 0 Å². The first kappa shape index (κ1) is 10.3. The van der Waals surface area contributed by atoms with Crippen LogP contribution >= 0.6 is 0 Å². The van der Waals surface area contributed by atoms with Crippen LogP contribution < -0.4 is 5.73 Å². The van der Waals surface area contributed by atoms with Crippen molar-refractivity contribution in [2.45, 2.75) is 31.6 Å². The van der Waals surface area contributed by atoms with E-state index in [2.05, 4.69) is 4.98 Å². The summed E-state index contributed by atoms with van der Waals surface area (Å²) < 4.78 is 2.01. The van der Waals surface area contributed by atoms with Gasteiger partial charge in [0.2, 0.25) is 0 Å². The smallest absolute Gasteiger partial charge is 0.269 e. The fourth-order valence-electron chi connectivity index (χ4n) is 2.71. The van der Waals surface area contributed by atoms with Gasteiger partial charge in [0.05, 0.1) is 5.52 Å². The normalized spacial score (nSPS) is 16.7. The second-order valence-electron chi connectivity index (χ2n) is 4.62. The topological polar surface area (TPSA) is 60.4 Å². The number of imidazole rings is 1. The summed E-state index contributed by atoms with van der Waals surface area (Å²) in [5, 5.41) is 0. The van der Waals surface area contributed by atoms with Crippen molar-refractivity contribution in [3.05, 3.63) is 35.9 Å². The highest BCUT2D eigenvalue weighted by atomic mass is 16.1. The molecule has 1 fully saturated rings. The van der Waals surface area contributed by atoms with E-state index in [0.29, 0.717) is 11.6 Å². The molecule has 0 spiro atoms. The highest BCUT2D eigenvalue weighted by Gasteiger charge is 2.24. The zero-order valence-electron chi connectivity index (χ0n) is 9.60. The molecule has 1 amide bonds. The zero-order valence-corrected chi connectivity index (χ0v) is 9.60. The second-order valence-corrected chi connectivity index (χ2v) is 4.62. The van der Waals surface area contributed by atoms with Crippen LogP contribution in [0.5, 0.6) is 0 Å². The predicted octanol–water partition coefficient (Wildman–Crippen LogP) is 2.09. The van der Waals surface area contributed by atoms with Crippen molar-refractivity contribution in [3.8, 4) is 0 Å². The van der Waals surface area contributed by atoms with Gasteiger partial charge in [-0.05, 0) is 25.0 Å². The minimum Gasteiger partial charge on any atom is -0.364 e. The van der Waals surface area contributed by atoms with Crippen LogP contribution in [0, 0.1) is 0 Å². The lowest BCUT2D eigenvalue weighted by molar-refractivity contribution is 0.0997. The third kappa shape index (κ3) is 1.60. The fourth-order valence-corrected chi connectivity index (χ4v) is 2.71. The number of nitrogens with two attached hydrogens (primary N) is 1. The van der Waals surface area contributed by atoms with Gasteiger partial charge >= 0.3 is 0 Å². The summed E-state index contributed by atoms with van der Waals surface area (Å²) >= 11 is 0. The van der Waals surface area contributed by atoms with Gasteiger partial charge in [0.1, 0.15) is 5.82 Å². The SMILES string of the molecule is NC(=O)c1nc(C2CCCC2)n2ccccc12. The minimum atomic E-state index is -0.446. The Bertz CT molecular complexity index is 567. The molecule has 1 aliphatic carbocycles. The maximum Gasteiger partial charge on any atom is 0.269 e. The summed E-state index contributed by atoms with van der Waals surface area (Å²) in [4.78, 5) is 15.8. The van der Waals surface area contributed by atoms with Crippen LogP contribution in [-0.2, 0) is 0 Å². The number of hydrogen-bond donors (Lipinski definition) is 1. The average Bonchev–Trinajstić information content (AvgIpc) is 2.95.